The first kappa shape index (κ1) is 14.8. The average molecular weight is 304 g/mol. The molecule has 0 bridgehead atoms. The van der Waals surface area contributed by atoms with Gasteiger partial charge in [-0.1, -0.05) is 0 Å². The van der Waals surface area contributed by atoms with Crippen molar-refractivity contribution < 1.29 is 18.7 Å². The highest BCUT2D eigenvalue weighted by atomic mass is 19.1. The second-order valence-electron chi connectivity index (χ2n) is 6.19. The quantitative estimate of drug-likeness (QED) is 0.794. The zero-order chi connectivity index (χ0) is 15.9. The Labute approximate surface area is 128 Å². The highest BCUT2D eigenvalue weighted by molar-refractivity contribution is 5.84. The number of nitrogens with zero attached hydrogens (tertiary/aromatic N) is 2. The summed E-state index contributed by atoms with van der Waals surface area (Å²) < 4.78 is 25.0. The van der Waals surface area contributed by atoms with Crippen molar-refractivity contribution in [3.63, 3.8) is 0 Å². The van der Waals surface area contributed by atoms with Gasteiger partial charge in [0.2, 0.25) is 5.91 Å². The van der Waals surface area contributed by atoms with Gasteiger partial charge in [0.05, 0.1) is 42.8 Å². The summed E-state index contributed by atoms with van der Waals surface area (Å²) >= 11 is 0. The van der Waals surface area contributed by atoms with E-state index in [0.717, 1.165) is 0 Å². The fraction of sp³-hybridized carbons (Fsp3) is 0.500. The molecule has 1 fully saturated rings. The Hall–Kier alpha value is -2.13. The molecule has 2 aliphatic rings. The third-order valence-corrected chi connectivity index (χ3v) is 4.24. The van der Waals surface area contributed by atoms with Crippen LogP contribution in [0.25, 0.3) is 0 Å². The van der Waals surface area contributed by atoms with E-state index in [-0.39, 0.29) is 30.7 Å². The molecule has 1 amide bonds. The average Bonchev–Trinajstić information content (AvgIpc) is 2.64. The largest absolute Gasteiger partial charge is 0.491 e. The van der Waals surface area contributed by atoms with Gasteiger partial charge in [-0.2, -0.15) is 5.26 Å². The molecule has 0 saturated carbocycles. The van der Waals surface area contributed by atoms with Gasteiger partial charge in [0, 0.05) is 5.56 Å². The standard InChI is InChI=1S/C16H17FN2O3/c1-10-7-22-14-4-11(5-18)3-13(17)12(14)6-19(10)15(20)16(2)8-21-9-16/h3-4,10H,6-9H2,1-2H3/t10-/m0/s1. The van der Waals surface area contributed by atoms with E-state index in [9.17, 15) is 9.18 Å². The number of carbonyl (C=O) groups excluding carboxylic acids is 1. The molecule has 0 radical (unpaired) electrons. The van der Waals surface area contributed by atoms with Gasteiger partial charge in [-0.05, 0) is 26.0 Å². The summed E-state index contributed by atoms with van der Waals surface area (Å²) in [6.45, 7) is 4.91. The molecule has 2 aliphatic heterocycles. The number of rotatable bonds is 1. The highest BCUT2D eigenvalue weighted by Gasteiger charge is 2.45. The van der Waals surface area contributed by atoms with Crippen LogP contribution in [0.2, 0.25) is 0 Å². The number of carbonyl (C=O) groups is 1. The number of nitriles is 1. The van der Waals surface area contributed by atoms with E-state index < -0.39 is 11.2 Å². The fourth-order valence-electron chi connectivity index (χ4n) is 2.74. The highest BCUT2D eigenvalue weighted by Crippen LogP contribution is 2.34. The molecule has 3 rings (SSSR count). The van der Waals surface area contributed by atoms with Crippen molar-refractivity contribution in [2.24, 2.45) is 5.41 Å². The topological polar surface area (TPSA) is 62.6 Å². The summed E-state index contributed by atoms with van der Waals surface area (Å²) in [5.41, 5.74) is -0.00876. The van der Waals surface area contributed by atoms with Crippen LogP contribution in [0.4, 0.5) is 4.39 Å². The van der Waals surface area contributed by atoms with Crippen LogP contribution in [0.5, 0.6) is 5.75 Å². The Kier molecular flexibility index (Phi) is 3.53. The van der Waals surface area contributed by atoms with Crippen molar-refractivity contribution in [2.45, 2.75) is 26.4 Å². The van der Waals surface area contributed by atoms with Crippen LogP contribution >= 0.6 is 0 Å². The minimum atomic E-state index is -0.540. The molecule has 2 heterocycles. The molecule has 1 saturated heterocycles. The third kappa shape index (κ3) is 2.32. The van der Waals surface area contributed by atoms with E-state index in [1.165, 1.54) is 12.1 Å². The van der Waals surface area contributed by atoms with E-state index in [1.54, 1.807) is 4.90 Å². The van der Waals surface area contributed by atoms with Crippen LogP contribution in [0.3, 0.4) is 0 Å². The van der Waals surface area contributed by atoms with Crippen molar-refractivity contribution in [2.75, 3.05) is 19.8 Å². The van der Waals surface area contributed by atoms with Crippen molar-refractivity contribution >= 4 is 5.91 Å². The number of hydrogen-bond donors (Lipinski definition) is 0. The zero-order valence-electron chi connectivity index (χ0n) is 12.6. The van der Waals surface area contributed by atoms with Crippen LogP contribution in [-0.4, -0.2) is 36.7 Å². The van der Waals surface area contributed by atoms with Gasteiger partial charge in [-0.3, -0.25) is 4.79 Å². The van der Waals surface area contributed by atoms with Gasteiger partial charge in [-0.15, -0.1) is 0 Å². The molecule has 0 aromatic heterocycles. The molecule has 1 aromatic rings. The Balaban J connectivity index is 1.95. The SMILES string of the molecule is C[C@H]1COc2cc(C#N)cc(F)c2CN1C(=O)C1(C)COC1. The van der Waals surface area contributed by atoms with Crippen molar-refractivity contribution in [1.29, 1.82) is 5.26 Å². The van der Waals surface area contributed by atoms with E-state index in [2.05, 4.69) is 0 Å². The molecule has 0 N–H and O–H groups in total. The summed E-state index contributed by atoms with van der Waals surface area (Å²) in [6, 6.07) is 4.43. The first-order valence-corrected chi connectivity index (χ1v) is 7.19. The van der Waals surface area contributed by atoms with Crippen molar-refractivity contribution in [1.82, 2.24) is 4.90 Å². The summed E-state index contributed by atoms with van der Waals surface area (Å²) in [5, 5.41) is 8.92. The lowest BCUT2D eigenvalue weighted by Gasteiger charge is -2.41. The van der Waals surface area contributed by atoms with E-state index >= 15 is 0 Å². The number of fused-ring (bicyclic) bond motifs is 1. The first-order valence-electron chi connectivity index (χ1n) is 7.19. The van der Waals surface area contributed by atoms with E-state index in [4.69, 9.17) is 14.7 Å². The molecule has 6 heteroatoms. The lowest BCUT2D eigenvalue weighted by molar-refractivity contribution is -0.171. The van der Waals surface area contributed by atoms with Gasteiger partial charge in [0.1, 0.15) is 18.2 Å². The summed E-state index contributed by atoms with van der Waals surface area (Å²) in [4.78, 5) is 14.4. The maximum atomic E-state index is 14.3. The Bertz CT molecular complexity index is 664. The van der Waals surface area contributed by atoms with Crippen molar-refractivity contribution in [3.8, 4) is 11.8 Å². The van der Waals surface area contributed by atoms with Gasteiger partial charge >= 0.3 is 0 Å². The number of benzene rings is 1. The minimum Gasteiger partial charge on any atom is -0.491 e. The van der Waals surface area contributed by atoms with Crippen LogP contribution in [0, 0.1) is 22.6 Å². The van der Waals surface area contributed by atoms with E-state index in [1.807, 2.05) is 19.9 Å². The maximum Gasteiger partial charge on any atom is 0.233 e. The second kappa shape index (κ2) is 5.25. The van der Waals surface area contributed by atoms with Crippen molar-refractivity contribution in [3.05, 3.63) is 29.1 Å². The summed E-state index contributed by atoms with van der Waals surface area (Å²) in [5.74, 6) is -0.226. The molecule has 5 nitrogen and oxygen atoms in total. The number of hydrogen-bond acceptors (Lipinski definition) is 4. The first-order chi connectivity index (χ1) is 10.4. The van der Waals surface area contributed by atoms with E-state index in [0.29, 0.717) is 24.5 Å². The molecule has 1 aromatic carbocycles. The van der Waals surface area contributed by atoms with Crippen LogP contribution in [0.1, 0.15) is 25.0 Å². The van der Waals surface area contributed by atoms with Gasteiger partial charge in [-0.25, -0.2) is 4.39 Å². The zero-order valence-corrected chi connectivity index (χ0v) is 12.6. The minimum absolute atomic E-state index is 0.0496. The maximum absolute atomic E-state index is 14.3. The lowest BCUT2D eigenvalue weighted by Crippen LogP contribution is -2.55. The van der Waals surface area contributed by atoms with Gasteiger partial charge in [0.15, 0.2) is 0 Å². The Morgan fingerprint density at radius 1 is 1.50 bits per heavy atom. The monoisotopic (exact) mass is 304 g/mol. The molecule has 0 spiro atoms. The van der Waals surface area contributed by atoms with Crippen LogP contribution < -0.4 is 4.74 Å². The van der Waals surface area contributed by atoms with Gasteiger partial charge < -0.3 is 14.4 Å². The van der Waals surface area contributed by atoms with Crippen LogP contribution in [0.15, 0.2) is 12.1 Å². The number of ether oxygens (including phenoxy) is 2. The second-order valence-corrected chi connectivity index (χ2v) is 6.19. The normalized spacial score (nSPS) is 22.6. The molecule has 1 atom stereocenters. The molecule has 22 heavy (non-hydrogen) atoms. The summed E-state index contributed by atoms with van der Waals surface area (Å²) in [6.07, 6.45) is 0. The molecular weight excluding hydrogens is 287 g/mol. The fourth-order valence-corrected chi connectivity index (χ4v) is 2.74. The number of halogens is 1. The molecular formula is C16H17FN2O3. The molecule has 0 aliphatic carbocycles. The smallest absolute Gasteiger partial charge is 0.233 e. The summed E-state index contributed by atoms with van der Waals surface area (Å²) in [7, 11) is 0. The van der Waals surface area contributed by atoms with Gasteiger partial charge in [0.25, 0.3) is 0 Å². The lowest BCUT2D eigenvalue weighted by atomic mass is 9.86. The number of amides is 1. The van der Waals surface area contributed by atoms with Crippen LogP contribution in [-0.2, 0) is 16.1 Å². The molecule has 0 unspecified atom stereocenters. The Morgan fingerprint density at radius 3 is 2.82 bits per heavy atom. The predicted molar refractivity (Wildman–Crippen MR) is 75.5 cm³/mol. The third-order valence-electron chi connectivity index (χ3n) is 4.24. The molecule has 116 valence electrons. The Morgan fingerprint density at radius 2 is 2.23 bits per heavy atom. The predicted octanol–water partition coefficient (Wildman–Crippen LogP) is 1.84.